The van der Waals surface area contributed by atoms with Crippen LogP contribution in [0.3, 0.4) is 0 Å². The monoisotopic (exact) mass is 394 g/mol. The van der Waals surface area contributed by atoms with Gasteiger partial charge in [-0.3, -0.25) is 0 Å². The van der Waals surface area contributed by atoms with Crippen LogP contribution in [-0.4, -0.2) is 0 Å². The molecule has 0 nitrogen and oxygen atoms in total. The van der Waals surface area contributed by atoms with Crippen LogP contribution in [0, 0.1) is 0 Å². The molecule has 0 amide bonds. The lowest BCUT2D eigenvalue weighted by Crippen LogP contribution is -1.91. The molecule has 0 unspecified atom stereocenters. The quantitative estimate of drug-likeness (QED) is 0.313. The Morgan fingerprint density at radius 3 is 1.34 bits per heavy atom. The van der Waals surface area contributed by atoms with Crippen LogP contribution in [0.2, 0.25) is 0 Å². The summed E-state index contributed by atoms with van der Waals surface area (Å²) in [5.74, 6) is 0. The number of benzene rings is 4. The highest BCUT2D eigenvalue weighted by molar-refractivity contribution is 6.48. The van der Waals surface area contributed by atoms with E-state index in [0.717, 1.165) is 18.4 Å². The van der Waals surface area contributed by atoms with Crippen molar-refractivity contribution in [2.45, 2.75) is 12.8 Å². The highest BCUT2D eigenvalue weighted by Gasteiger charge is 2.02. The van der Waals surface area contributed by atoms with E-state index < -0.39 is 0 Å². The summed E-state index contributed by atoms with van der Waals surface area (Å²) in [6.45, 7) is 3.77. The van der Waals surface area contributed by atoms with E-state index in [0.29, 0.717) is 5.03 Å². The predicted molar refractivity (Wildman–Crippen MR) is 125 cm³/mol. The van der Waals surface area contributed by atoms with Crippen molar-refractivity contribution in [2.75, 3.05) is 0 Å². The van der Waals surface area contributed by atoms with Gasteiger partial charge in [-0.15, -0.1) is 0 Å². The van der Waals surface area contributed by atoms with Crippen molar-refractivity contribution < 1.29 is 0 Å². The molecule has 4 aromatic carbocycles. The van der Waals surface area contributed by atoms with Crippen LogP contribution in [0.4, 0.5) is 0 Å². The van der Waals surface area contributed by atoms with E-state index in [2.05, 4.69) is 97.6 Å². The Morgan fingerprint density at radius 1 is 0.517 bits per heavy atom. The van der Waals surface area contributed by atoms with Gasteiger partial charge < -0.3 is 0 Å². The second-order valence-electron chi connectivity index (χ2n) is 7.33. The molecule has 0 atom stereocenters. The zero-order chi connectivity index (χ0) is 20.1. The molecule has 142 valence electrons. The first-order chi connectivity index (χ1) is 14.2. The normalized spacial score (nSPS) is 10.7. The molecule has 29 heavy (non-hydrogen) atoms. The summed E-state index contributed by atoms with van der Waals surface area (Å²) in [4.78, 5) is 0. The molecule has 4 rings (SSSR count). The zero-order valence-corrected chi connectivity index (χ0v) is 17.1. The van der Waals surface area contributed by atoms with E-state index in [1.807, 2.05) is 12.1 Å². The van der Waals surface area contributed by atoms with Crippen molar-refractivity contribution in [3.05, 3.63) is 138 Å². The number of rotatable bonds is 6. The summed E-state index contributed by atoms with van der Waals surface area (Å²) in [5, 5.41) is 0.571. The van der Waals surface area contributed by atoms with Crippen molar-refractivity contribution >= 4 is 16.6 Å². The third kappa shape index (κ3) is 5.04. The van der Waals surface area contributed by atoms with Crippen LogP contribution < -0.4 is 0 Å². The lowest BCUT2D eigenvalue weighted by atomic mass is 9.98. The molecule has 0 saturated carbocycles. The highest BCUT2D eigenvalue weighted by atomic mass is 35.5. The van der Waals surface area contributed by atoms with E-state index in [4.69, 9.17) is 11.6 Å². The number of hydrogen-bond acceptors (Lipinski definition) is 0. The van der Waals surface area contributed by atoms with Gasteiger partial charge in [0.1, 0.15) is 0 Å². The Labute approximate surface area is 178 Å². The molecule has 4 aromatic rings. The molecule has 0 heterocycles. The average Bonchev–Trinajstić information content (AvgIpc) is 2.76. The van der Waals surface area contributed by atoms with Crippen molar-refractivity contribution in [3.63, 3.8) is 0 Å². The summed E-state index contributed by atoms with van der Waals surface area (Å²) >= 11 is 5.96. The standard InChI is InChI=1S/C28H23Cl/c1-21(29)26-15-17-28(18-16-26)27-13-11-25(12-14-27)20-24-9-7-23(8-10-24)19-22-5-3-2-4-6-22/h2-18H,1,19-20H2. The fourth-order valence-corrected chi connectivity index (χ4v) is 3.63. The molecule has 0 aliphatic heterocycles. The summed E-state index contributed by atoms with van der Waals surface area (Å²) in [6.07, 6.45) is 1.92. The molecule has 0 spiro atoms. The molecule has 0 aliphatic rings. The fourth-order valence-electron chi connectivity index (χ4n) is 3.50. The van der Waals surface area contributed by atoms with Crippen LogP contribution in [0.25, 0.3) is 16.2 Å². The lowest BCUT2D eigenvalue weighted by Gasteiger charge is -2.07. The minimum atomic E-state index is 0.571. The largest absolute Gasteiger partial charge is 0.0843 e. The molecular formula is C28H23Cl. The number of hydrogen-bond donors (Lipinski definition) is 0. The first-order valence-corrected chi connectivity index (χ1v) is 10.2. The fraction of sp³-hybridized carbons (Fsp3) is 0.0714. The van der Waals surface area contributed by atoms with Gasteiger partial charge in [0, 0.05) is 5.03 Å². The van der Waals surface area contributed by atoms with Crippen LogP contribution in [-0.2, 0) is 12.8 Å². The smallest absolute Gasteiger partial charge is 0.0406 e. The SMILES string of the molecule is C=C(Cl)c1ccc(-c2ccc(Cc3ccc(Cc4ccccc4)cc3)cc2)cc1. The first-order valence-electron chi connectivity index (χ1n) is 9.83. The second-order valence-corrected chi connectivity index (χ2v) is 7.79. The minimum Gasteiger partial charge on any atom is -0.0843 e. The Kier molecular flexibility index (Phi) is 5.93. The first kappa shape index (κ1) is 19.2. The minimum absolute atomic E-state index is 0.571. The molecule has 0 aromatic heterocycles. The third-order valence-electron chi connectivity index (χ3n) is 5.17. The maximum Gasteiger partial charge on any atom is 0.0406 e. The van der Waals surface area contributed by atoms with Gasteiger partial charge >= 0.3 is 0 Å². The zero-order valence-electron chi connectivity index (χ0n) is 16.3. The molecule has 0 bridgehead atoms. The van der Waals surface area contributed by atoms with Gasteiger partial charge in [0.15, 0.2) is 0 Å². The molecule has 0 fully saturated rings. The molecule has 0 radical (unpaired) electrons. The summed E-state index contributed by atoms with van der Waals surface area (Å²) in [7, 11) is 0. The van der Waals surface area contributed by atoms with E-state index in [1.54, 1.807) is 0 Å². The van der Waals surface area contributed by atoms with Crippen LogP contribution in [0.5, 0.6) is 0 Å². The molecule has 1 heteroatoms. The maximum absolute atomic E-state index is 5.96. The van der Waals surface area contributed by atoms with Gasteiger partial charge in [0.05, 0.1) is 0 Å². The van der Waals surface area contributed by atoms with Gasteiger partial charge in [0.25, 0.3) is 0 Å². The van der Waals surface area contributed by atoms with Gasteiger partial charge in [-0.25, -0.2) is 0 Å². The van der Waals surface area contributed by atoms with Crippen molar-refractivity contribution in [3.8, 4) is 11.1 Å². The van der Waals surface area contributed by atoms with E-state index in [9.17, 15) is 0 Å². The summed E-state index contributed by atoms with van der Waals surface area (Å²) in [6, 6.07) is 36.5. The van der Waals surface area contributed by atoms with E-state index in [1.165, 1.54) is 33.4 Å². The van der Waals surface area contributed by atoms with E-state index in [-0.39, 0.29) is 0 Å². The lowest BCUT2D eigenvalue weighted by molar-refractivity contribution is 1.15. The molecular weight excluding hydrogens is 372 g/mol. The van der Waals surface area contributed by atoms with Crippen molar-refractivity contribution in [2.24, 2.45) is 0 Å². The number of halogens is 1. The Morgan fingerprint density at radius 2 is 0.897 bits per heavy atom. The summed E-state index contributed by atoms with van der Waals surface area (Å²) in [5.41, 5.74) is 8.69. The average molecular weight is 395 g/mol. The second kappa shape index (κ2) is 8.94. The van der Waals surface area contributed by atoms with Crippen LogP contribution >= 0.6 is 11.6 Å². The Balaban J connectivity index is 1.41. The summed E-state index contributed by atoms with van der Waals surface area (Å²) < 4.78 is 0. The van der Waals surface area contributed by atoms with Gasteiger partial charge in [-0.1, -0.05) is 121 Å². The van der Waals surface area contributed by atoms with Crippen LogP contribution in [0.15, 0.2) is 110 Å². The molecule has 0 N–H and O–H groups in total. The molecule has 0 saturated heterocycles. The van der Waals surface area contributed by atoms with Crippen LogP contribution in [0.1, 0.15) is 27.8 Å². The topological polar surface area (TPSA) is 0 Å². The van der Waals surface area contributed by atoms with Gasteiger partial charge in [-0.2, -0.15) is 0 Å². The van der Waals surface area contributed by atoms with Gasteiger partial charge in [-0.05, 0) is 51.8 Å². The van der Waals surface area contributed by atoms with E-state index >= 15 is 0 Å². The third-order valence-corrected chi connectivity index (χ3v) is 5.39. The predicted octanol–water partition coefficient (Wildman–Crippen LogP) is 7.74. The van der Waals surface area contributed by atoms with Crippen molar-refractivity contribution in [1.29, 1.82) is 0 Å². The Bertz CT molecular complexity index is 1070. The molecule has 0 aliphatic carbocycles. The maximum atomic E-state index is 5.96. The highest BCUT2D eigenvalue weighted by Crippen LogP contribution is 2.24. The Hall–Kier alpha value is -3.09. The van der Waals surface area contributed by atoms with Crippen molar-refractivity contribution in [1.82, 2.24) is 0 Å². The van der Waals surface area contributed by atoms with Gasteiger partial charge in [0.2, 0.25) is 0 Å².